The lowest BCUT2D eigenvalue weighted by Crippen LogP contribution is -2.39. The molecule has 0 aromatic carbocycles. The van der Waals surface area contributed by atoms with Crippen LogP contribution in [0.4, 0.5) is 10.6 Å². The average molecular weight is 391 g/mol. The van der Waals surface area contributed by atoms with Gasteiger partial charge in [0, 0.05) is 38.6 Å². The molecule has 2 aromatic heterocycles. The van der Waals surface area contributed by atoms with Gasteiger partial charge in [0.25, 0.3) is 5.88 Å². The molecule has 0 radical (unpaired) electrons. The van der Waals surface area contributed by atoms with E-state index in [1.807, 2.05) is 32.9 Å². The maximum absolute atomic E-state index is 12.3. The molecule has 27 heavy (non-hydrogen) atoms. The molecule has 3 rings (SSSR count). The molecule has 0 saturated carbocycles. The van der Waals surface area contributed by atoms with Crippen molar-refractivity contribution < 1.29 is 14.3 Å². The Labute approximate surface area is 163 Å². The Kier molecular flexibility index (Phi) is 6.10. The quantitative estimate of drug-likeness (QED) is 0.792. The SMILES string of the molecule is CC(C)(C)OC(=O)N1CCCN(c2nsnc2OCc2ccncc2)CC1. The maximum Gasteiger partial charge on any atom is 0.410 e. The van der Waals surface area contributed by atoms with Crippen molar-refractivity contribution in [3.8, 4) is 5.88 Å². The highest BCUT2D eigenvalue weighted by Gasteiger charge is 2.26. The number of carbonyl (C=O) groups excluding carboxylic acids is 1. The Bertz CT molecular complexity index is 747. The van der Waals surface area contributed by atoms with E-state index in [0.29, 0.717) is 32.1 Å². The van der Waals surface area contributed by atoms with Crippen molar-refractivity contribution in [2.45, 2.75) is 39.4 Å². The number of anilines is 1. The molecule has 1 amide bonds. The molecular formula is C18H25N5O3S. The van der Waals surface area contributed by atoms with Gasteiger partial charge in [0.2, 0.25) is 5.82 Å². The third-order valence-electron chi connectivity index (χ3n) is 4.01. The van der Waals surface area contributed by atoms with E-state index in [9.17, 15) is 4.79 Å². The highest BCUT2D eigenvalue weighted by molar-refractivity contribution is 6.99. The van der Waals surface area contributed by atoms with Crippen LogP contribution in [0.25, 0.3) is 0 Å². The minimum Gasteiger partial charge on any atom is -0.470 e. The fourth-order valence-electron chi connectivity index (χ4n) is 2.73. The van der Waals surface area contributed by atoms with Crippen LogP contribution < -0.4 is 9.64 Å². The molecule has 0 bridgehead atoms. The predicted octanol–water partition coefficient (Wildman–Crippen LogP) is 2.96. The molecule has 0 unspecified atom stereocenters. The summed E-state index contributed by atoms with van der Waals surface area (Å²) in [6.07, 6.45) is 4.04. The molecule has 0 N–H and O–H groups in total. The number of aromatic nitrogens is 3. The fourth-order valence-corrected chi connectivity index (χ4v) is 3.25. The van der Waals surface area contributed by atoms with E-state index in [-0.39, 0.29) is 6.09 Å². The summed E-state index contributed by atoms with van der Waals surface area (Å²) < 4.78 is 20.0. The summed E-state index contributed by atoms with van der Waals surface area (Å²) in [6, 6.07) is 3.81. The van der Waals surface area contributed by atoms with E-state index in [0.717, 1.165) is 36.1 Å². The van der Waals surface area contributed by atoms with Gasteiger partial charge in [-0.15, -0.1) is 4.37 Å². The highest BCUT2D eigenvalue weighted by Crippen LogP contribution is 2.27. The summed E-state index contributed by atoms with van der Waals surface area (Å²) >= 11 is 1.13. The van der Waals surface area contributed by atoms with Crippen molar-refractivity contribution in [2.75, 3.05) is 31.1 Å². The van der Waals surface area contributed by atoms with Crippen LogP contribution in [-0.2, 0) is 11.3 Å². The van der Waals surface area contributed by atoms with Crippen LogP contribution in [0.3, 0.4) is 0 Å². The maximum atomic E-state index is 12.3. The molecule has 8 nitrogen and oxygen atoms in total. The number of rotatable bonds is 4. The first-order chi connectivity index (χ1) is 12.9. The number of ether oxygens (including phenoxy) is 2. The molecule has 3 heterocycles. The van der Waals surface area contributed by atoms with Crippen molar-refractivity contribution in [1.29, 1.82) is 0 Å². The fraction of sp³-hybridized carbons (Fsp3) is 0.556. The van der Waals surface area contributed by atoms with Crippen LogP contribution in [0.1, 0.15) is 32.8 Å². The summed E-state index contributed by atoms with van der Waals surface area (Å²) in [4.78, 5) is 20.2. The van der Waals surface area contributed by atoms with Gasteiger partial charge in [-0.3, -0.25) is 4.98 Å². The second-order valence-electron chi connectivity index (χ2n) is 7.35. The van der Waals surface area contributed by atoms with Crippen LogP contribution in [0.2, 0.25) is 0 Å². The molecular weight excluding hydrogens is 366 g/mol. The first-order valence-corrected chi connectivity index (χ1v) is 9.72. The second-order valence-corrected chi connectivity index (χ2v) is 7.87. The lowest BCUT2D eigenvalue weighted by Gasteiger charge is -2.26. The van der Waals surface area contributed by atoms with Gasteiger partial charge in [0.1, 0.15) is 12.2 Å². The summed E-state index contributed by atoms with van der Waals surface area (Å²) in [5.74, 6) is 1.27. The predicted molar refractivity (Wildman–Crippen MR) is 103 cm³/mol. The lowest BCUT2D eigenvalue weighted by atomic mass is 10.2. The van der Waals surface area contributed by atoms with Gasteiger partial charge in [-0.05, 0) is 44.9 Å². The molecule has 0 aliphatic carbocycles. The van der Waals surface area contributed by atoms with Crippen molar-refractivity contribution >= 4 is 23.6 Å². The summed E-state index contributed by atoms with van der Waals surface area (Å²) in [7, 11) is 0. The third-order valence-corrected chi connectivity index (χ3v) is 4.52. The molecule has 1 fully saturated rings. The van der Waals surface area contributed by atoms with Gasteiger partial charge >= 0.3 is 6.09 Å². The van der Waals surface area contributed by atoms with Crippen molar-refractivity contribution in [3.05, 3.63) is 30.1 Å². The number of hydrogen-bond acceptors (Lipinski definition) is 8. The molecule has 2 aromatic rings. The minimum atomic E-state index is -0.490. The molecule has 0 spiro atoms. The van der Waals surface area contributed by atoms with Crippen LogP contribution in [0, 0.1) is 0 Å². The lowest BCUT2D eigenvalue weighted by molar-refractivity contribution is 0.0263. The van der Waals surface area contributed by atoms with Gasteiger partial charge < -0.3 is 19.3 Å². The first-order valence-electron chi connectivity index (χ1n) is 8.99. The molecule has 146 valence electrons. The van der Waals surface area contributed by atoms with E-state index in [1.165, 1.54) is 0 Å². The van der Waals surface area contributed by atoms with Crippen molar-refractivity contribution in [3.63, 3.8) is 0 Å². The summed E-state index contributed by atoms with van der Waals surface area (Å²) in [5.41, 5.74) is 0.534. The van der Waals surface area contributed by atoms with Gasteiger partial charge in [0.05, 0.1) is 11.7 Å². The zero-order valence-corrected chi connectivity index (χ0v) is 16.7. The normalized spacial score (nSPS) is 15.4. The van der Waals surface area contributed by atoms with E-state index >= 15 is 0 Å². The number of carbonyl (C=O) groups is 1. The molecule has 1 saturated heterocycles. The topological polar surface area (TPSA) is 80.7 Å². The zero-order valence-electron chi connectivity index (χ0n) is 15.9. The third kappa shape index (κ3) is 5.53. The summed E-state index contributed by atoms with van der Waals surface area (Å²) in [6.45, 7) is 8.74. The highest BCUT2D eigenvalue weighted by atomic mass is 32.1. The Hall–Kier alpha value is -2.42. The Morgan fingerprint density at radius 3 is 2.67 bits per heavy atom. The zero-order chi connectivity index (χ0) is 19.3. The van der Waals surface area contributed by atoms with E-state index in [4.69, 9.17) is 9.47 Å². The van der Waals surface area contributed by atoms with E-state index in [1.54, 1.807) is 17.3 Å². The van der Waals surface area contributed by atoms with Crippen molar-refractivity contribution in [2.24, 2.45) is 0 Å². The van der Waals surface area contributed by atoms with Crippen LogP contribution in [-0.4, -0.2) is 56.5 Å². The largest absolute Gasteiger partial charge is 0.470 e. The summed E-state index contributed by atoms with van der Waals surface area (Å²) in [5, 5.41) is 0. The molecule has 0 atom stereocenters. The van der Waals surface area contributed by atoms with Gasteiger partial charge in [-0.1, -0.05) is 0 Å². The standard InChI is InChI=1S/C18H25N5O3S/c1-18(2,3)26-17(24)23-10-4-9-22(11-12-23)15-16(21-27-20-15)25-13-14-5-7-19-8-6-14/h5-8H,4,9-13H2,1-3H3. The minimum absolute atomic E-state index is 0.269. The monoisotopic (exact) mass is 391 g/mol. The molecule has 9 heteroatoms. The molecule has 1 aliphatic heterocycles. The van der Waals surface area contributed by atoms with Gasteiger partial charge in [-0.25, -0.2) is 4.79 Å². The Balaban J connectivity index is 1.59. The van der Waals surface area contributed by atoms with Gasteiger partial charge in [-0.2, -0.15) is 4.37 Å². The van der Waals surface area contributed by atoms with E-state index in [2.05, 4.69) is 18.6 Å². The second kappa shape index (κ2) is 8.51. The van der Waals surface area contributed by atoms with E-state index < -0.39 is 5.60 Å². The number of hydrogen-bond donors (Lipinski definition) is 0. The number of nitrogens with zero attached hydrogens (tertiary/aromatic N) is 5. The average Bonchev–Trinajstić information content (AvgIpc) is 2.95. The smallest absolute Gasteiger partial charge is 0.410 e. The van der Waals surface area contributed by atoms with Gasteiger partial charge in [0.15, 0.2) is 0 Å². The number of pyridine rings is 1. The first kappa shape index (κ1) is 19.3. The van der Waals surface area contributed by atoms with Crippen LogP contribution in [0.5, 0.6) is 5.88 Å². The van der Waals surface area contributed by atoms with Crippen molar-refractivity contribution in [1.82, 2.24) is 18.6 Å². The number of amides is 1. The Morgan fingerprint density at radius 1 is 1.15 bits per heavy atom. The Morgan fingerprint density at radius 2 is 1.93 bits per heavy atom. The molecule has 1 aliphatic rings. The van der Waals surface area contributed by atoms with Crippen LogP contribution >= 0.6 is 11.7 Å². The van der Waals surface area contributed by atoms with Crippen LogP contribution in [0.15, 0.2) is 24.5 Å².